The van der Waals surface area contributed by atoms with Crippen molar-refractivity contribution in [1.29, 1.82) is 0 Å². The van der Waals surface area contributed by atoms with Crippen molar-refractivity contribution in [2.45, 2.75) is 32.1 Å². The van der Waals surface area contributed by atoms with E-state index in [0.717, 1.165) is 30.4 Å². The van der Waals surface area contributed by atoms with Crippen LogP contribution in [0.1, 0.15) is 32.3 Å². The maximum Gasteiger partial charge on any atom is 0.0431 e. The predicted molar refractivity (Wildman–Crippen MR) is 76.4 cm³/mol. The van der Waals surface area contributed by atoms with Crippen LogP contribution in [0.5, 0.6) is 0 Å². The zero-order valence-electron chi connectivity index (χ0n) is 10.7. The molecule has 0 unspecified atom stereocenters. The SMILES string of the molecule is CC(C)(CNCCCCO)c1cccc(Br)c1. The van der Waals surface area contributed by atoms with E-state index in [2.05, 4.69) is 53.3 Å². The molecule has 0 aromatic heterocycles. The molecule has 96 valence electrons. The summed E-state index contributed by atoms with van der Waals surface area (Å²) in [5.74, 6) is 0. The van der Waals surface area contributed by atoms with Crippen LogP contribution in [-0.4, -0.2) is 24.8 Å². The molecule has 2 nitrogen and oxygen atoms in total. The van der Waals surface area contributed by atoms with E-state index < -0.39 is 0 Å². The zero-order chi connectivity index (χ0) is 12.7. The number of hydrogen-bond donors (Lipinski definition) is 2. The molecule has 0 aliphatic carbocycles. The second-order valence-electron chi connectivity index (χ2n) is 5.00. The van der Waals surface area contributed by atoms with Crippen LogP contribution in [0.2, 0.25) is 0 Å². The fourth-order valence-corrected chi connectivity index (χ4v) is 2.17. The quantitative estimate of drug-likeness (QED) is 0.759. The Morgan fingerprint density at radius 1 is 1.29 bits per heavy atom. The Bertz CT molecular complexity index is 339. The van der Waals surface area contributed by atoms with Gasteiger partial charge in [0.2, 0.25) is 0 Å². The fourth-order valence-electron chi connectivity index (χ4n) is 1.77. The largest absolute Gasteiger partial charge is 0.396 e. The van der Waals surface area contributed by atoms with Crippen LogP contribution in [0.3, 0.4) is 0 Å². The van der Waals surface area contributed by atoms with Gasteiger partial charge >= 0.3 is 0 Å². The molecule has 0 saturated heterocycles. The molecule has 1 aromatic carbocycles. The van der Waals surface area contributed by atoms with Crippen molar-refractivity contribution >= 4 is 15.9 Å². The maximum atomic E-state index is 8.70. The lowest BCUT2D eigenvalue weighted by Crippen LogP contribution is -2.33. The van der Waals surface area contributed by atoms with E-state index in [1.807, 2.05) is 6.07 Å². The summed E-state index contributed by atoms with van der Waals surface area (Å²) in [6, 6.07) is 8.47. The molecule has 2 N–H and O–H groups in total. The average molecular weight is 300 g/mol. The van der Waals surface area contributed by atoms with E-state index in [0.29, 0.717) is 0 Å². The van der Waals surface area contributed by atoms with E-state index in [-0.39, 0.29) is 12.0 Å². The van der Waals surface area contributed by atoms with Gasteiger partial charge in [0.15, 0.2) is 0 Å². The molecular formula is C14H22BrNO. The number of aliphatic hydroxyl groups is 1. The highest BCUT2D eigenvalue weighted by Gasteiger charge is 2.19. The molecule has 0 aliphatic heterocycles. The number of rotatable bonds is 7. The molecule has 0 heterocycles. The van der Waals surface area contributed by atoms with Crippen LogP contribution in [0.15, 0.2) is 28.7 Å². The van der Waals surface area contributed by atoms with Crippen molar-refractivity contribution in [1.82, 2.24) is 5.32 Å². The van der Waals surface area contributed by atoms with Gasteiger partial charge in [-0.1, -0.05) is 41.9 Å². The van der Waals surface area contributed by atoms with E-state index in [9.17, 15) is 0 Å². The molecular weight excluding hydrogens is 278 g/mol. The highest BCUT2D eigenvalue weighted by molar-refractivity contribution is 9.10. The Balaban J connectivity index is 2.45. The highest BCUT2D eigenvalue weighted by atomic mass is 79.9. The smallest absolute Gasteiger partial charge is 0.0431 e. The lowest BCUT2D eigenvalue weighted by Gasteiger charge is -2.26. The molecule has 1 rings (SSSR count). The van der Waals surface area contributed by atoms with E-state index in [1.165, 1.54) is 5.56 Å². The van der Waals surface area contributed by atoms with E-state index in [1.54, 1.807) is 0 Å². The maximum absolute atomic E-state index is 8.70. The second-order valence-corrected chi connectivity index (χ2v) is 5.92. The monoisotopic (exact) mass is 299 g/mol. The minimum Gasteiger partial charge on any atom is -0.396 e. The minimum atomic E-state index is 0.128. The average Bonchev–Trinajstić information content (AvgIpc) is 2.29. The Morgan fingerprint density at radius 2 is 2.06 bits per heavy atom. The van der Waals surface area contributed by atoms with Crippen LogP contribution in [0.4, 0.5) is 0 Å². The number of halogens is 1. The summed E-state index contributed by atoms with van der Waals surface area (Å²) in [6.07, 6.45) is 1.91. The molecule has 0 radical (unpaired) electrons. The van der Waals surface area contributed by atoms with Crippen LogP contribution >= 0.6 is 15.9 Å². The lowest BCUT2D eigenvalue weighted by atomic mass is 9.84. The Labute approximate surface area is 113 Å². The van der Waals surface area contributed by atoms with Gasteiger partial charge in [0.05, 0.1) is 0 Å². The molecule has 3 heteroatoms. The van der Waals surface area contributed by atoms with Gasteiger partial charge in [-0.05, 0) is 37.1 Å². The van der Waals surface area contributed by atoms with Gasteiger partial charge in [0, 0.05) is 23.0 Å². The van der Waals surface area contributed by atoms with Gasteiger partial charge in [-0.25, -0.2) is 0 Å². The predicted octanol–water partition coefficient (Wildman–Crippen LogP) is 3.09. The Morgan fingerprint density at radius 3 is 2.71 bits per heavy atom. The number of hydrogen-bond acceptors (Lipinski definition) is 2. The van der Waals surface area contributed by atoms with Crippen molar-refractivity contribution < 1.29 is 5.11 Å². The summed E-state index contributed by atoms with van der Waals surface area (Å²) >= 11 is 3.51. The van der Waals surface area contributed by atoms with Crippen LogP contribution in [0.25, 0.3) is 0 Å². The zero-order valence-corrected chi connectivity index (χ0v) is 12.3. The third kappa shape index (κ3) is 5.19. The summed E-state index contributed by atoms with van der Waals surface area (Å²) in [5, 5.41) is 12.2. The molecule has 0 fully saturated rings. The van der Waals surface area contributed by atoms with Crippen molar-refractivity contribution in [3.8, 4) is 0 Å². The summed E-state index contributed by atoms with van der Waals surface area (Å²) in [4.78, 5) is 0. The van der Waals surface area contributed by atoms with Gasteiger partial charge in [-0.2, -0.15) is 0 Å². The van der Waals surface area contributed by atoms with E-state index in [4.69, 9.17) is 5.11 Å². The third-order valence-corrected chi connectivity index (χ3v) is 3.43. The summed E-state index contributed by atoms with van der Waals surface area (Å²) < 4.78 is 1.13. The first-order chi connectivity index (χ1) is 8.06. The van der Waals surface area contributed by atoms with Gasteiger partial charge in [-0.3, -0.25) is 0 Å². The molecule has 0 saturated carbocycles. The second kappa shape index (κ2) is 7.14. The molecule has 1 aromatic rings. The van der Waals surface area contributed by atoms with Crippen molar-refractivity contribution in [3.05, 3.63) is 34.3 Å². The Kier molecular flexibility index (Phi) is 6.17. The normalized spacial score (nSPS) is 11.8. The summed E-state index contributed by atoms with van der Waals surface area (Å²) in [7, 11) is 0. The fraction of sp³-hybridized carbons (Fsp3) is 0.571. The number of aliphatic hydroxyl groups excluding tert-OH is 1. The van der Waals surface area contributed by atoms with Crippen molar-refractivity contribution in [3.63, 3.8) is 0 Å². The van der Waals surface area contributed by atoms with E-state index >= 15 is 0 Å². The molecule has 17 heavy (non-hydrogen) atoms. The highest BCUT2D eigenvalue weighted by Crippen LogP contribution is 2.24. The van der Waals surface area contributed by atoms with Crippen LogP contribution in [0, 0.1) is 0 Å². The summed E-state index contributed by atoms with van der Waals surface area (Å²) in [6.45, 7) is 6.70. The van der Waals surface area contributed by atoms with Crippen LogP contribution in [-0.2, 0) is 5.41 Å². The van der Waals surface area contributed by atoms with Gasteiger partial charge in [0.1, 0.15) is 0 Å². The number of unbranched alkanes of at least 4 members (excludes halogenated alkanes) is 1. The molecule has 0 aliphatic rings. The summed E-state index contributed by atoms with van der Waals surface area (Å²) in [5.41, 5.74) is 1.46. The van der Waals surface area contributed by atoms with Gasteiger partial charge in [0.25, 0.3) is 0 Å². The molecule has 0 atom stereocenters. The van der Waals surface area contributed by atoms with Crippen molar-refractivity contribution in [2.75, 3.05) is 19.7 Å². The van der Waals surface area contributed by atoms with Gasteiger partial charge < -0.3 is 10.4 Å². The molecule has 0 amide bonds. The first kappa shape index (κ1) is 14.7. The van der Waals surface area contributed by atoms with Crippen molar-refractivity contribution in [2.24, 2.45) is 0 Å². The molecule has 0 spiro atoms. The molecule has 0 bridgehead atoms. The minimum absolute atomic E-state index is 0.128. The standard InChI is InChI=1S/C14H22BrNO/c1-14(2,11-16-8-3-4-9-17)12-6-5-7-13(15)10-12/h5-7,10,16-17H,3-4,8-9,11H2,1-2H3. The Hall–Kier alpha value is -0.380. The third-order valence-electron chi connectivity index (χ3n) is 2.93. The first-order valence-electron chi connectivity index (χ1n) is 6.14. The van der Waals surface area contributed by atoms with Crippen LogP contribution < -0.4 is 5.32 Å². The lowest BCUT2D eigenvalue weighted by molar-refractivity contribution is 0.283. The van der Waals surface area contributed by atoms with Gasteiger partial charge in [-0.15, -0.1) is 0 Å². The number of nitrogens with one attached hydrogen (secondary N) is 1. The topological polar surface area (TPSA) is 32.3 Å². The number of benzene rings is 1. The first-order valence-corrected chi connectivity index (χ1v) is 6.93.